The minimum absolute atomic E-state index is 0.0256. The largest absolute Gasteiger partial charge is 0.573 e. The zero-order valence-corrected chi connectivity index (χ0v) is 20.6. The van der Waals surface area contributed by atoms with Gasteiger partial charge in [0.15, 0.2) is 0 Å². The Morgan fingerprint density at radius 3 is 2.41 bits per heavy atom. The minimum Gasteiger partial charge on any atom is -0.405 e. The second-order valence-corrected chi connectivity index (χ2v) is 9.36. The van der Waals surface area contributed by atoms with E-state index in [1.54, 1.807) is 12.1 Å². The number of nitrogens with one attached hydrogen (secondary N) is 1. The number of hydrogen-bond acceptors (Lipinski definition) is 6. The number of benzene rings is 2. The van der Waals surface area contributed by atoms with Crippen LogP contribution in [0.2, 0.25) is 0 Å². The van der Waals surface area contributed by atoms with E-state index in [2.05, 4.69) is 26.9 Å². The average Bonchev–Trinajstić information content (AvgIpc) is 2.84. The summed E-state index contributed by atoms with van der Waals surface area (Å²) in [4.78, 5) is 9.05. The van der Waals surface area contributed by atoms with Gasteiger partial charge in [-0.15, -0.1) is 13.2 Å². The summed E-state index contributed by atoms with van der Waals surface area (Å²) in [5.41, 5.74) is 16.0. The van der Waals surface area contributed by atoms with Gasteiger partial charge >= 0.3 is 6.36 Å². The van der Waals surface area contributed by atoms with Crippen molar-refractivity contribution in [3.8, 4) is 17.6 Å². The smallest absolute Gasteiger partial charge is 0.405 e. The van der Waals surface area contributed by atoms with Crippen LogP contribution in [0.5, 0.6) is 5.75 Å². The van der Waals surface area contributed by atoms with Gasteiger partial charge in [-0.05, 0) is 63.1 Å². The maximum absolute atomic E-state index is 12.8. The van der Waals surface area contributed by atoms with Gasteiger partial charge in [0.05, 0.1) is 11.3 Å². The van der Waals surface area contributed by atoms with Crippen molar-refractivity contribution in [3.63, 3.8) is 0 Å². The summed E-state index contributed by atoms with van der Waals surface area (Å²) in [7, 11) is 0. The highest BCUT2D eigenvalue weighted by atomic mass is 19.4. The van der Waals surface area contributed by atoms with Gasteiger partial charge in [-0.25, -0.2) is 4.98 Å². The van der Waals surface area contributed by atoms with Crippen molar-refractivity contribution in [1.29, 1.82) is 0 Å². The third-order valence-electron chi connectivity index (χ3n) is 6.40. The Hall–Kier alpha value is -3.77. The number of anilines is 2. The van der Waals surface area contributed by atoms with Crippen LogP contribution in [0.4, 0.5) is 24.9 Å². The Bertz CT molecular complexity index is 1270. The topological polar surface area (TPSA) is 99.1 Å². The molecule has 0 amide bonds. The van der Waals surface area contributed by atoms with Crippen LogP contribution in [0.25, 0.3) is 0 Å². The van der Waals surface area contributed by atoms with Crippen LogP contribution < -0.4 is 21.5 Å². The fourth-order valence-electron chi connectivity index (χ4n) is 4.38. The number of aromatic nitrogens is 2. The van der Waals surface area contributed by atoms with Crippen LogP contribution in [0.1, 0.15) is 53.6 Å². The molecule has 0 aliphatic heterocycles. The van der Waals surface area contributed by atoms with Crippen molar-refractivity contribution in [2.75, 3.05) is 11.1 Å². The van der Waals surface area contributed by atoms with Crippen LogP contribution >= 0.6 is 0 Å². The molecule has 1 aliphatic carbocycles. The quantitative estimate of drug-likeness (QED) is 0.388. The predicted molar refractivity (Wildman–Crippen MR) is 138 cm³/mol. The first-order chi connectivity index (χ1) is 17.7. The number of halogens is 3. The molecule has 0 spiro atoms. The lowest BCUT2D eigenvalue weighted by Gasteiger charge is -2.26. The minimum atomic E-state index is -4.79. The molecule has 1 fully saturated rings. The lowest BCUT2D eigenvalue weighted by atomic mass is 9.83. The van der Waals surface area contributed by atoms with Gasteiger partial charge in [0.1, 0.15) is 11.6 Å². The van der Waals surface area contributed by atoms with Crippen molar-refractivity contribution in [2.45, 2.75) is 58.0 Å². The molecule has 1 heterocycles. The lowest BCUT2D eigenvalue weighted by molar-refractivity contribution is -0.274. The first kappa shape index (κ1) is 26.3. The molecule has 2 aromatic carbocycles. The molecule has 3 aromatic rings. The summed E-state index contributed by atoms with van der Waals surface area (Å²) < 4.78 is 42.5. The van der Waals surface area contributed by atoms with Crippen LogP contribution in [0.3, 0.4) is 0 Å². The van der Waals surface area contributed by atoms with Crippen LogP contribution in [-0.2, 0) is 13.0 Å². The Kier molecular flexibility index (Phi) is 8.19. The van der Waals surface area contributed by atoms with E-state index in [4.69, 9.17) is 16.5 Å². The lowest BCUT2D eigenvalue weighted by Crippen LogP contribution is -2.27. The molecule has 0 radical (unpaired) electrons. The van der Waals surface area contributed by atoms with Crippen molar-refractivity contribution >= 4 is 11.8 Å². The van der Waals surface area contributed by atoms with Crippen molar-refractivity contribution in [2.24, 2.45) is 11.7 Å². The number of nitrogens with two attached hydrogens (primary N) is 2. The molecule has 1 aliphatic rings. The van der Waals surface area contributed by atoms with E-state index in [-0.39, 0.29) is 30.1 Å². The molecule has 194 valence electrons. The standard InChI is InChI=1S/C28H30F3N5O/c1-18-6-8-19(9-7-18)12-15-23-24(16-20-10-13-22(32)14-11-20)35-27(36-26(23)33)34-17-21-4-2-3-5-25(21)37-28(29,30)31/h2-9,20,22H,10-11,13-14,16-17,32H2,1H3,(H3,33,34,35,36)/t20-,22-. The summed E-state index contributed by atoms with van der Waals surface area (Å²) in [5.74, 6) is 6.86. The molecule has 4 rings (SSSR count). The number of aryl methyl sites for hydroxylation is 1. The SMILES string of the molecule is Cc1ccc(C#Cc2c(N)nc(NCc3ccccc3OC(F)(F)F)nc2C[C@H]2CC[C@H](N)CC2)cc1. The van der Waals surface area contributed by atoms with E-state index in [0.29, 0.717) is 23.5 Å². The average molecular weight is 510 g/mol. The molecule has 9 heteroatoms. The van der Waals surface area contributed by atoms with Gasteiger partial charge in [0, 0.05) is 23.7 Å². The number of rotatable bonds is 6. The van der Waals surface area contributed by atoms with Gasteiger partial charge in [-0.1, -0.05) is 47.7 Å². The molecule has 5 N–H and O–H groups in total. The maximum atomic E-state index is 12.8. The second kappa shape index (κ2) is 11.5. The summed E-state index contributed by atoms with van der Waals surface area (Å²) in [6, 6.07) is 14.0. The number of nitrogen functional groups attached to an aromatic ring is 1. The summed E-state index contributed by atoms with van der Waals surface area (Å²) >= 11 is 0. The summed E-state index contributed by atoms with van der Waals surface area (Å²) in [6.45, 7) is 2.04. The third-order valence-corrected chi connectivity index (χ3v) is 6.40. The molecule has 1 aromatic heterocycles. The third kappa shape index (κ3) is 7.61. The van der Waals surface area contributed by atoms with Crippen molar-refractivity contribution < 1.29 is 17.9 Å². The molecule has 37 heavy (non-hydrogen) atoms. The van der Waals surface area contributed by atoms with Gasteiger partial charge in [-0.2, -0.15) is 4.98 Å². The zero-order chi connectivity index (χ0) is 26.4. The van der Waals surface area contributed by atoms with Crippen LogP contribution in [-0.4, -0.2) is 22.4 Å². The fourth-order valence-corrected chi connectivity index (χ4v) is 4.38. The highest BCUT2D eigenvalue weighted by molar-refractivity contribution is 5.58. The Morgan fingerprint density at radius 1 is 1.00 bits per heavy atom. The first-order valence-corrected chi connectivity index (χ1v) is 12.2. The maximum Gasteiger partial charge on any atom is 0.573 e. The number of alkyl halides is 3. The number of hydrogen-bond donors (Lipinski definition) is 3. The van der Waals surface area contributed by atoms with E-state index < -0.39 is 6.36 Å². The van der Waals surface area contributed by atoms with E-state index in [1.807, 2.05) is 31.2 Å². The number of ether oxygens (including phenoxy) is 1. The van der Waals surface area contributed by atoms with Gasteiger partial charge < -0.3 is 21.5 Å². The van der Waals surface area contributed by atoms with E-state index in [9.17, 15) is 13.2 Å². The number of nitrogens with zero attached hydrogens (tertiary/aromatic N) is 2. The first-order valence-electron chi connectivity index (χ1n) is 12.2. The molecule has 0 bridgehead atoms. The normalized spacial score (nSPS) is 17.5. The van der Waals surface area contributed by atoms with Gasteiger partial charge in [-0.3, -0.25) is 0 Å². The predicted octanol–water partition coefficient (Wildman–Crippen LogP) is 5.34. The van der Waals surface area contributed by atoms with Gasteiger partial charge in [0.25, 0.3) is 0 Å². The highest BCUT2D eigenvalue weighted by Crippen LogP contribution is 2.29. The van der Waals surface area contributed by atoms with Crippen LogP contribution in [0, 0.1) is 24.7 Å². The molecular weight excluding hydrogens is 479 g/mol. The zero-order valence-electron chi connectivity index (χ0n) is 20.6. The second-order valence-electron chi connectivity index (χ2n) is 9.36. The molecule has 6 nitrogen and oxygen atoms in total. The molecule has 1 saturated carbocycles. The van der Waals surface area contributed by atoms with E-state index >= 15 is 0 Å². The monoisotopic (exact) mass is 509 g/mol. The fraction of sp³-hybridized carbons (Fsp3) is 0.357. The van der Waals surface area contributed by atoms with Crippen LogP contribution in [0.15, 0.2) is 48.5 Å². The molecular formula is C28H30F3N5O. The number of para-hydroxylation sites is 1. The van der Waals surface area contributed by atoms with Crippen molar-refractivity contribution in [3.05, 3.63) is 76.5 Å². The highest BCUT2D eigenvalue weighted by Gasteiger charge is 2.32. The summed E-state index contributed by atoms with van der Waals surface area (Å²) in [5, 5.41) is 3.00. The Morgan fingerprint density at radius 2 is 1.70 bits per heavy atom. The Labute approximate surface area is 214 Å². The summed E-state index contributed by atoms with van der Waals surface area (Å²) in [6.07, 6.45) is -0.237. The molecule has 0 unspecified atom stereocenters. The Balaban J connectivity index is 1.60. The molecule has 0 atom stereocenters. The van der Waals surface area contributed by atoms with Crippen molar-refractivity contribution in [1.82, 2.24) is 9.97 Å². The van der Waals surface area contributed by atoms with Gasteiger partial charge in [0.2, 0.25) is 5.95 Å². The van der Waals surface area contributed by atoms with E-state index in [0.717, 1.165) is 42.5 Å². The molecule has 0 saturated heterocycles. The van der Waals surface area contributed by atoms with E-state index in [1.165, 1.54) is 12.1 Å².